The Morgan fingerprint density at radius 3 is 2.65 bits per heavy atom. The first-order chi connectivity index (χ1) is 8.13. The van der Waals surface area contributed by atoms with Crippen LogP contribution in [0.15, 0.2) is 36.1 Å². The van der Waals surface area contributed by atoms with Gasteiger partial charge in [0.15, 0.2) is 5.78 Å². The van der Waals surface area contributed by atoms with E-state index in [0.29, 0.717) is 0 Å². The maximum atomic E-state index is 11.7. The Kier molecular flexibility index (Phi) is 3.13. The molecular weight excluding hydrogens is 220 g/mol. The number of aliphatic hydroxyl groups is 1. The Morgan fingerprint density at radius 2 is 2.06 bits per heavy atom. The molecule has 0 heterocycles. The third kappa shape index (κ3) is 2.16. The van der Waals surface area contributed by atoms with Gasteiger partial charge in [0.2, 0.25) is 0 Å². The van der Waals surface area contributed by atoms with Crippen molar-refractivity contribution < 1.29 is 19.4 Å². The van der Waals surface area contributed by atoms with Crippen LogP contribution in [-0.4, -0.2) is 24.0 Å². The number of hydrogen-bond acceptors (Lipinski definition) is 4. The monoisotopic (exact) mass is 234 g/mol. The maximum absolute atomic E-state index is 11.7. The van der Waals surface area contributed by atoms with Crippen LogP contribution in [0.2, 0.25) is 0 Å². The number of esters is 1. The standard InChI is InChI=1S/C13H14O4/c1-17-13(16)12-10(8-4-2-3-5-8)6-9(14)7-11(12)15/h2-5,7-8,10,12,15H,6H2,1H3. The number of hydrogen-bond donors (Lipinski definition) is 1. The molecule has 2 atom stereocenters. The lowest BCUT2D eigenvalue weighted by Crippen LogP contribution is -2.35. The Morgan fingerprint density at radius 1 is 1.41 bits per heavy atom. The average Bonchev–Trinajstić information content (AvgIpc) is 2.80. The van der Waals surface area contributed by atoms with Gasteiger partial charge in [0, 0.05) is 12.5 Å². The van der Waals surface area contributed by atoms with E-state index < -0.39 is 11.9 Å². The zero-order chi connectivity index (χ0) is 12.4. The molecule has 90 valence electrons. The zero-order valence-corrected chi connectivity index (χ0v) is 9.50. The fourth-order valence-corrected chi connectivity index (χ4v) is 2.40. The number of methoxy groups -OCH3 is 1. The molecule has 1 N–H and O–H groups in total. The van der Waals surface area contributed by atoms with E-state index in [1.54, 1.807) is 0 Å². The van der Waals surface area contributed by atoms with Gasteiger partial charge in [-0.1, -0.05) is 24.3 Å². The highest BCUT2D eigenvalue weighted by Gasteiger charge is 2.40. The number of ether oxygens (including phenoxy) is 1. The van der Waals surface area contributed by atoms with Crippen LogP contribution in [0.1, 0.15) is 6.42 Å². The second-order valence-electron chi connectivity index (χ2n) is 4.25. The Labute approximate surface area is 99.3 Å². The van der Waals surface area contributed by atoms with E-state index in [9.17, 15) is 14.7 Å². The van der Waals surface area contributed by atoms with Crippen molar-refractivity contribution in [1.82, 2.24) is 0 Å². The first-order valence-corrected chi connectivity index (χ1v) is 5.49. The van der Waals surface area contributed by atoms with Crippen LogP contribution >= 0.6 is 0 Å². The molecule has 2 aliphatic carbocycles. The van der Waals surface area contributed by atoms with Gasteiger partial charge in [-0.2, -0.15) is 0 Å². The van der Waals surface area contributed by atoms with E-state index in [0.717, 1.165) is 6.08 Å². The van der Waals surface area contributed by atoms with Crippen molar-refractivity contribution in [2.45, 2.75) is 6.42 Å². The minimum atomic E-state index is -0.741. The molecule has 2 aliphatic rings. The van der Waals surface area contributed by atoms with Crippen LogP contribution < -0.4 is 0 Å². The molecule has 0 spiro atoms. The van der Waals surface area contributed by atoms with Crippen molar-refractivity contribution in [2.75, 3.05) is 7.11 Å². The molecule has 0 fully saturated rings. The molecular formula is C13H14O4. The minimum Gasteiger partial charge on any atom is -0.511 e. The van der Waals surface area contributed by atoms with Crippen LogP contribution in [0.4, 0.5) is 0 Å². The second-order valence-corrected chi connectivity index (χ2v) is 4.25. The maximum Gasteiger partial charge on any atom is 0.316 e. The van der Waals surface area contributed by atoms with Crippen molar-refractivity contribution in [3.8, 4) is 0 Å². The van der Waals surface area contributed by atoms with E-state index in [1.165, 1.54) is 7.11 Å². The highest BCUT2D eigenvalue weighted by Crippen LogP contribution is 2.36. The second kappa shape index (κ2) is 4.57. The number of allylic oxidation sites excluding steroid dienone is 5. The molecule has 4 heteroatoms. The van der Waals surface area contributed by atoms with Crippen LogP contribution in [-0.2, 0) is 14.3 Å². The SMILES string of the molecule is COC(=O)C1C(O)=CC(=O)CC1C1C=CC=C1. The molecule has 17 heavy (non-hydrogen) atoms. The van der Waals surface area contributed by atoms with Crippen molar-refractivity contribution >= 4 is 11.8 Å². The summed E-state index contributed by atoms with van der Waals surface area (Å²) in [5, 5.41) is 9.76. The third-order valence-electron chi connectivity index (χ3n) is 3.22. The third-order valence-corrected chi connectivity index (χ3v) is 3.22. The van der Waals surface area contributed by atoms with Crippen LogP contribution in [0, 0.1) is 17.8 Å². The molecule has 0 amide bonds. The molecule has 2 rings (SSSR count). The Hall–Kier alpha value is -1.84. The quantitative estimate of drug-likeness (QED) is 0.736. The summed E-state index contributed by atoms with van der Waals surface area (Å²) in [6.45, 7) is 0. The fourth-order valence-electron chi connectivity index (χ4n) is 2.40. The molecule has 0 bridgehead atoms. The van der Waals surface area contributed by atoms with Gasteiger partial charge < -0.3 is 9.84 Å². The number of rotatable bonds is 2. The van der Waals surface area contributed by atoms with Crippen LogP contribution in [0.3, 0.4) is 0 Å². The van der Waals surface area contributed by atoms with Crippen molar-refractivity contribution in [3.63, 3.8) is 0 Å². The molecule has 0 aromatic carbocycles. The number of ketones is 1. The summed E-state index contributed by atoms with van der Waals surface area (Å²) in [4.78, 5) is 23.1. The summed E-state index contributed by atoms with van der Waals surface area (Å²) in [6, 6.07) is 0. The molecule has 0 radical (unpaired) electrons. The van der Waals surface area contributed by atoms with Gasteiger partial charge in [0.25, 0.3) is 0 Å². The summed E-state index contributed by atoms with van der Waals surface area (Å²) in [6.07, 6.45) is 8.97. The van der Waals surface area contributed by atoms with Crippen LogP contribution in [0.25, 0.3) is 0 Å². The summed E-state index contributed by atoms with van der Waals surface area (Å²) in [5.41, 5.74) is 0. The van der Waals surface area contributed by atoms with Gasteiger partial charge in [-0.15, -0.1) is 0 Å². The van der Waals surface area contributed by atoms with Crippen molar-refractivity contribution in [3.05, 3.63) is 36.1 Å². The van der Waals surface area contributed by atoms with Crippen LogP contribution in [0.5, 0.6) is 0 Å². The van der Waals surface area contributed by atoms with Gasteiger partial charge in [-0.25, -0.2) is 0 Å². The molecule has 0 aliphatic heterocycles. The molecule has 0 aromatic heterocycles. The largest absolute Gasteiger partial charge is 0.511 e. The molecule has 2 unspecified atom stereocenters. The summed E-state index contributed by atoms with van der Waals surface area (Å²) in [5.74, 6) is -1.83. The topological polar surface area (TPSA) is 63.6 Å². The van der Waals surface area contributed by atoms with Gasteiger partial charge in [0.05, 0.1) is 7.11 Å². The zero-order valence-electron chi connectivity index (χ0n) is 9.50. The van der Waals surface area contributed by atoms with Gasteiger partial charge in [-0.05, 0) is 11.8 Å². The van der Waals surface area contributed by atoms with Gasteiger partial charge in [-0.3, -0.25) is 9.59 Å². The Balaban J connectivity index is 2.31. The van der Waals surface area contributed by atoms with E-state index in [2.05, 4.69) is 4.74 Å². The van der Waals surface area contributed by atoms with E-state index in [4.69, 9.17) is 0 Å². The lowest BCUT2D eigenvalue weighted by molar-refractivity contribution is -0.148. The van der Waals surface area contributed by atoms with E-state index in [1.807, 2.05) is 24.3 Å². The van der Waals surface area contributed by atoms with E-state index in [-0.39, 0.29) is 29.8 Å². The normalized spacial score (nSPS) is 28.3. The van der Waals surface area contributed by atoms with Gasteiger partial charge >= 0.3 is 5.97 Å². The van der Waals surface area contributed by atoms with Gasteiger partial charge in [0.1, 0.15) is 11.7 Å². The highest BCUT2D eigenvalue weighted by atomic mass is 16.5. The lowest BCUT2D eigenvalue weighted by atomic mass is 9.74. The molecule has 0 saturated heterocycles. The van der Waals surface area contributed by atoms with Crippen molar-refractivity contribution in [2.24, 2.45) is 17.8 Å². The number of carbonyl (C=O) groups excluding carboxylic acids is 2. The molecule has 4 nitrogen and oxygen atoms in total. The first kappa shape index (κ1) is 11.6. The summed E-state index contributed by atoms with van der Waals surface area (Å²) < 4.78 is 4.69. The summed E-state index contributed by atoms with van der Waals surface area (Å²) >= 11 is 0. The molecule has 0 saturated carbocycles. The summed E-state index contributed by atoms with van der Waals surface area (Å²) in [7, 11) is 1.28. The number of aliphatic hydroxyl groups excluding tert-OH is 1. The fraction of sp³-hybridized carbons (Fsp3) is 0.385. The first-order valence-electron chi connectivity index (χ1n) is 5.49. The minimum absolute atomic E-state index is 0.00102. The van der Waals surface area contributed by atoms with Crippen molar-refractivity contribution in [1.29, 1.82) is 0 Å². The average molecular weight is 234 g/mol. The van der Waals surface area contributed by atoms with E-state index >= 15 is 0 Å². The predicted octanol–water partition coefficient (Wildman–Crippen LogP) is 1.55. The Bertz CT molecular complexity index is 419. The smallest absolute Gasteiger partial charge is 0.316 e. The highest BCUT2D eigenvalue weighted by molar-refractivity contribution is 5.93. The molecule has 0 aromatic rings. The number of carbonyl (C=O) groups is 2. The lowest BCUT2D eigenvalue weighted by Gasteiger charge is -2.30. The predicted molar refractivity (Wildman–Crippen MR) is 61.1 cm³/mol.